The molecule has 0 saturated heterocycles. The maximum Gasteiger partial charge on any atom is 0.416 e. The van der Waals surface area contributed by atoms with Crippen LogP contribution in [0.2, 0.25) is 0 Å². The van der Waals surface area contributed by atoms with E-state index in [0.29, 0.717) is 11.4 Å². The normalized spacial score (nSPS) is 12.7. The van der Waals surface area contributed by atoms with Gasteiger partial charge in [0.1, 0.15) is 18.7 Å². The van der Waals surface area contributed by atoms with Crippen molar-refractivity contribution in [1.82, 2.24) is 9.55 Å². The van der Waals surface area contributed by atoms with E-state index in [-0.39, 0.29) is 18.0 Å². The van der Waals surface area contributed by atoms with Crippen LogP contribution >= 0.6 is 0 Å². The number of alkyl halides is 3. The summed E-state index contributed by atoms with van der Waals surface area (Å²) in [5.41, 5.74) is 0.990. The number of hydrogen-bond donors (Lipinski definition) is 1. The second-order valence-corrected chi connectivity index (χ2v) is 5.70. The molecule has 0 fully saturated rings. The first kappa shape index (κ1) is 16.2. The van der Waals surface area contributed by atoms with Crippen LogP contribution in [-0.2, 0) is 12.8 Å². The molecule has 132 valence electrons. The molecule has 1 aliphatic rings. The topological polar surface area (TPSA) is 56.2 Å². The highest BCUT2D eigenvalue weighted by atomic mass is 19.4. The highest BCUT2D eigenvalue weighted by molar-refractivity contribution is 6.03. The molecule has 0 spiro atoms. The molecule has 2 heterocycles. The van der Waals surface area contributed by atoms with Crippen molar-refractivity contribution in [2.24, 2.45) is 0 Å². The second-order valence-electron chi connectivity index (χ2n) is 5.70. The van der Waals surface area contributed by atoms with Gasteiger partial charge in [-0.15, -0.1) is 0 Å². The van der Waals surface area contributed by atoms with Gasteiger partial charge in [-0.25, -0.2) is 4.98 Å². The predicted molar refractivity (Wildman–Crippen MR) is 87.3 cm³/mol. The molecule has 26 heavy (non-hydrogen) atoms. The summed E-state index contributed by atoms with van der Waals surface area (Å²) < 4.78 is 45.2. The number of amides is 1. The first-order chi connectivity index (χ1) is 12.4. The van der Waals surface area contributed by atoms with Crippen molar-refractivity contribution in [2.75, 3.05) is 5.32 Å². The lowest BCUT2D eigenvalue weighted by Gasteiger charge is -2.20. The van der Waals surface area contributed by atoms with Crippen LogP contribution in [0.15, 0.2) is 54.9 Å². The number of nitrogens with one attached hydrogen (secondary N) is 1. The molecule has 1 N–H and O–H groups in total. The maximum atomic E-state index is 12.6. The highest BCUT2D eigenvalue weighted by Crippen LogP contribution is 2.31. The number of para-hydroxylation sites is 2. The molecular formula is C18H12F3N3O2. The first-order valence-corrected chi connectivity index (χ1v) is 7.70. The Bertz CT molecular complexity index is 978. The molecule has 0 radical (unpaired) electrons. The lowest BCUT2D eigenvalue weighted by atomic mass is 10.2. The van der Waals surface area contributed by atoms with Crippen molar-refractivity contribution >= 4 is 11.6 Å². The van der Waals surface area contributed by atoms with Gasteiger partial charge in [-0.3, -0.25) is 9.36 Å². The van der Waals surface area contributed by atoms with Crippen molar-refractivity contribution in [2.45, 2.75) is 12.8 Å². The zero-order valence-corrected chi connectivity index (χ0v) is 13.2. The molecule has 1 amide bonds. The molecule has 5 nitrogen and oxygen atoms in total. The van der Waals surface area contributed by atoms with Gasteiger partial charge >= 0.3 is 6.18 Å². The van der Waals surface area contributed by atoms with E-state index in [2.05, 4.69) is 10.3 Å². The Morgan fingerprint density at radius 2 is 1.85 bits per heavy atom. The summed E-state index contributed by atoms with van der Waals surface area (Å²) >= 11 is 0. The summed E-state index contributed by atoms with van der Waals surface area (Å²) in [5.74, 6) is 0.175. The fourth-order valence-corrected chi connectivity index (χ4v) is 2.77. The van der Waals surface area contributed by atoms with Crippen LogP contribution in [0.5, 0.6) is 5.75 Å². The third kappa shape index (κ3) is 2.79. The second kappa shape index (κ2) is 5.91. The average molecular weight is 359 g/mol. The molecule has 8 heteroatoms. The van der Waals surface area contributed by atoms with Gasteiger partial charge in [0.25, 0.3) is 5.91 Å². The number of rotatable bonds is 2. The summed E-state index contributed by atoms with van der Waals surface area (Å²) in [4.78, 5) is 16.6. The molecule has 0 bridgehead atoms. The zero-order chi connectivity index (χ0) is 18.3. The van der Waals surface area contributed by atoms with Gasteiger partial charge < -0.3 is 10.1 Å². The van der Waals surface area contributed by atoms with E-state index >= 15 is 0 Å². The Hall–Kier alpha value is -3.29. The largest absolute Gasteiger partial charge is 0.485 e. The van der Waals surface area contributed by atoms with Crippen molar-refractivity contribution in [3.8, 4) is 11.4 Å². The minimum Gasteiger partial charge on any atom is -0.485 e. The molecule has 0 saturated carbocycles. The molecule has 2 aromatic carbocycles. The van der Waals surface area contributed by atoms with Crippen molar-refractivity contribution in [1.29, 1.82) is 0 Å². The number of imidazole rings is 1. The SMILES string of the molecule is O=C(Nc1ccc(C(F)(F)F)cc1)c1ncn2c1COc1ccccc1-2. The lowest BCUT2D eigenvalue weighted by Crippen LogP contribution is -2.19. The molecule has 1 aromatic heterocycles. The quantitative estimate of drug-likeness (QED) is 0.751. The van der Waals surface area contributed by atoms with Gasteiger partial charge in [0.05, 0.1) is 16.9 Å². The van der Waals surface area contributed by atoms with Gasteiger partial charge in [-0.2, -0.15) is 13.2 Å². The third-order valence-electron chi connectivity index (χ3n) is 4.04. The molecule has 0 aliphatic carbocycles. The molecule has 0 unspecified atom stereocenters. The van der Waals surface area contributed by atoms with Gasteiger partial charge in [0.2, 0.25) is 0 Å². The smallest absolute Gasteiger partial charge is 0.416 e. The maximum absolute atomic E-state index is 12.6. The number of benzene rings is 2. The molecular weight excluding hydrogens is 347 g/mol. The fraction of sp³-hybridized carbons (Fsp3) is 0.111. The van der Waals surface area contributed by atoms with E-state index in [0.717, 1.165) is 17.8 Å². The van der Waals surface area contributed by atoms with E-state index in [1.165, 1.54) is 18.5 Å². The van der Waals surface area contributed by atoms with Crippen LogP contribution in [0.3, 0.4) is 0 Å². The summed E-state index contributed by atoms with van der Waals surface area (Å²) in [5, 5.41) is 2.56. The Morgan fingerprint density at radius 1 is 1.12 bits per heavy atom. The highest BCUT2D eigenvalue weighted by Gasteiger charge is 2.30. The van der Waals surface area contributed by atoms with Gasteiger partial charge in [0.15, 0.2) is 5.69 Å². The zero-order valence-electron chi connectivity index (χ0n) is 13.2. The minimum atomic E-state index is -4.42. The predicted octanol–water partition coefficient (Wildman–Crippen LogP) is 4.04. The summed E-state index contributed by atoms with van der Waals surface area (Å²) in [7, 11) is 0. The van der Waals surface area contributed by atoms with Crippen LogP contribution in [-0.4, -0.2) is 15.5 Å². The van der Waals surface area contributed by atoms with E-state index in [4.69, 9.17) is 4.74 Å². The molecule has 3 aromatic rings. The van der Waals surface area contributed by atoms with Crippen LogP contribution in [0.4, 0.5) is 18.9 Å². The van der Waals surface area contributed by atoms with Gasteiger partial charge in [0, 0.05) is 5.69 Å². The Labute approximate surface area is 146 Å². The third-order valence-corrected chi connectivity index (χ3v) is 4.04. The van der Waals surface area contributed by atoms with Gasteiger partial charge in [-0.1, -0.05) is 12.1 Å². The Balaban J connectivity index is 1.58. The van der Waals surface area contributed by atoms with Crippen molar-refractivity contribution in [3.05, 3.63) is 71.8 Å². The number of anilines is 1. The van der Waals surface area contributed by atoms with Crippen LogP contribution in [0.1, 0.15) is 21.7 Å². The molecule has 4 rings (SSSR count). The monoisotopic (exact) mass is 359 g/mol. The van der Waals surface area contributed by atoms with E-state index < -0.39 is 17.6 Å². The van der Waals surface area contributed by atoms with Crippen molar-refractivity contribution in [3.63, 3.8) is 0 Å². The summed E-state index contributed by atoms with van der Waals surface area (Å²) in [6.07, 6.45) is -2.89. The standard InChI is InChI=1S/C18H12F3N3O2/c19-18(20,21)11-5-7-12(8-6-11)23-17(25)16-14-9-26-15-4-2-1-3-13(15)24(14)10-22-16/h1-8,10H,9H2,(H,23,25). The van der Waals surface area contributed by atoms with Crippen LogP contribution < -0.4 is 10.1 Å². The molecule has 0 atom stereocenters. The van der Waals surface area contributed by atoms with Crippen molar-refractivity contribution < 1.29 is 22.7 Å². The number of fused-ring (bicyclic) bond motifs is 3. The minimum absolute atomic E-state index is 0.166. The van der Waals surface area contributed by atoms with E-state index in [9.17, 15) is 18.0 Å². The number of aromatic nitrogens is 2. The number of ether oxygens (including phenoxy) is 1. The number of carbonyl (C=O) groups is 1. The molecule has 1 aliphatic heterocycles. The van der Waals surface area contributed by atoms with E-state index in [1.807, 2.05) is 24.3 Å². The number of halogens is 3. The summed E-state index contributed by atoms with van der Waals surface area (Å²) in [6, 6.07) is 11.6. The van der Waals surface area contributed by atoms with Crippen LogP contribution in [0.25, 0.3) is 5.69 Å². The Morgan fingerprint density at radius 3 is 2.58 bits per heavy atom. The Kier molecular flexibility index (Phi) is 3.68. The number of carbonyl (C=O) groups excluding carboxylic acids is 1. The lowest BCUT2D eigenvalue weighted by molar-refractivity contribution is -0.137. The number of hydrogen-bond acceptors (Lipinski definition) is 3. The summed E-state index contributed by atoms with van der Waals surface area (Å²) in [6.45, 7) is 0.173. The van der Waals surface area contributed by atoms with E-state index in [1.54, 1.807) is 4.57 Å². The van der Waals surface area contributed by atoms with Gasteiger partial charge in [-0.05, 0) is 36.4 Å². The van der Waals surface area contributed by atoms with Crippen LogP contribution in [0, 0.1) is 0 Å². The average Bonchev–Trinajstić information content (AvgIpc) is 3.06. The number of nitrogens with zero attached hydrogens (tertiary/aromatic N) is 2. The first-order valence-electron chi connectivity index (χ1n) is 7.70. The fourth-order valence-electron chi connectivity index (χ4n) is 2.77.